The van der Waals surface area contributed by atoms with Crippen molar-refractivity contribution in [3.05, 3.63) is 28.8 Å². The van der Waals surface area contributed by atoms with E-state index in [-0.39, 0.29) is 24.0 Å². The monoisotopic (exact) mass is 287 g/mol. The van der Waals surface area contributed by atoms with Crippen molar-refractivity contribution in [1.82, 2.24) is 5.32 Å². The minimum absolute atomic E-state index is 0.0155. The summed E-state index contributed by atoms with van der Waals surface area (Å²) in [5, 5.41) is 22.1. The molecule has 106 valence electrons. The number of aromatic carboxylic acids is 1. The number of aliphatic hydroxyl groups is 1. The fraction of sp³-hybridized carbons (Fsp3) is 0.462. The van der Waals surface area contributed by atoms with Crippen LogP contribution in [0.3, 0.4) is 0 Å². The number of hydrogen-bond acceptors (Lipinski definition) is 4. The molecule has 0 radical (unpaired) electrons. The van der Waals surface area contributed by atoms with Crippen LogP contribution < -0.4 is 10.1 Å². The van der Waals surface area contributed by atoms with Crippen molar-refractivity contribution in [1.29, 1.82) is 0 Å². The van der Waals surface area contributed by atoms with Crippen molar-refractivity contribution in [2.75, 3.05) is 13.2 Å². The largest absolute Gasteiger partial charge is 0.490 e. The van der Waals surface area contributed by atoms with Crippen molar-refractivity contribution in [2.24, 2.45) is 0 Å². The molecule has 0 heterocycles. The van der Waals surface area contributed by atoms with Crippen LogP contribution in [0.25, 0.3) is 0 Å². The molecule has 0 aliphatic rings. The maximum absolute atomic E-state index is 11.0. The third kappa shape index (κ3) is 5.46. The maximum atomic E-state index is 11.0. The molecular formula is C13H18ClNO4. The highest BCUT2D eigenvalue weighted by molar-refractivity contribution is 6.31. The van der Waals surface area contributed by atoms with Crippen LogP contribution in [-0.4, -0.2) is 41.5 Å². The summed E-state index contributed by atoms with van der Waals surface area (Å²) in [4.78, 5) is 11.0. The molecule has 0 amide bonds. The average Bonchev–Trinajstić information content (AvgIpc) is 2.34. The highest BCUT2D eigenvalue weighted by Gasteiger charge is 2.13. The van der Waals surface area contributed by atoms with Crippen molar-refractivity contribution >= 4 is 17.6 Å². The number of halogens is 1. The van der Waals surface area contributed by atoms with Gasteiger partial charge in [0.05, 0.1) is 0 Å². The highest BCUT2D eigenvalue weighted by atomic mass is 35.5. The lowest BCUT2D eigenvalue weighted by molar-refractivity contribution is 0.0682. The molecule has 1 unspecified atom stereocenters. The second kappa shape index (κ2) is 7.33. The Labute approximate surface area is 117 Å². The van der Waals surface area contributed by atoms with Crippen molar-refractivity contribution in [3.63, 3.8) is 0 Å². The lowest BCUT2D eigenvalue weighted by Gasteiger charge is -2.16. The van der Waals surface area contributed by atoms with E-state index in [1.54, 1.807) is 6.07 Å². The number of nitrogens with one attached hydrogen (secondary N) is 1. The van der Waals surface area contributed by atoms with Crippen LogP contribution in [0.4, 0.5) is 0 Å². The fourth-order valence-electron chi connectivity index (χ4n) is 1.41. The summed E-state index contributed by atoms with van der Waals surface area (Å²) >= 11 is 5.73. The van der Waals surface area contributed by atoms with Gasteiger partial charge in [-0.05, 0) is 18.2 Å². The first kappa shape index (κ1) is 15.8. The normalized spacial score (nSPS) is 12.5. The van der Waals surface area contributed by atoms with Crippen LogP contribution in [0.1, 0.15) is 24.2 Å². The lowest BCUT2D eigenvalue weighted by atomic mass is 10.2. The molecule has 0 aliphatic carbocycles. The Hall–Kier alpha value is -1.30. The van der Waals surface area contributed by atoms with Gasteiger partial charge in [-0.25, -0.2) is 4.79 Å². The van der Waals surface area contributed by atoms with E-state index < -0.39 is 12.1 Å². The van der Waals surface area contributed by atoms with E-state index in [2.05, 4.69) is 5.32 Å². The Morgan fingerprint density at radius 2 is 2.16 bits per heavy atom. The summed E-state index contributed by atoms with van der Waals surface area (Å²) in [6.45, 7) is 4.33. The summed E-state index contributed by atoms with van der Waals surface area (Å²) in [5.74, 6) is -0.923. The molecule has 0 fully saturated rings. The Bertz CT molecular complexity index is 437. The Morgan fingerprint density at radius 1 is 1.47 bits per heavy atom. The third-order valence-corrected chi connectivity index (χ3v) is 2.60. The van der Waals surface area contributed by atoms with E-state index in [4.69, 9.17) is 21.4 Å². The van der Waals surface area contributed by atoms with E-state index in [0.717, 1.165) is 0 Å². The van der Waals surface area contributed by atoms with Crippen LogP contribution >= 0.6 is 11.6 Å². The molecule has 0 aliphatic heterocycles. The fourth-order valence-corrected chi connectivity index (χ4v) is 1.58. The molecule has 6 heteroatoms. The van der Waals surface area contributed by atoms with Gasteiger partial charge in [-0.1, -0.05) is 25.4 Å². The Balaban J connectivity index is 2.60. The number of benzene rings is 1. The predicted molar refractivity (Wildman–Crippen MR) is 73.1 cm³/mol. The van der Waals surface area contributed by atoms with Gasteiger partial charge in [-0.2, -0.15) is 0 Å². The maximum Gasteiger partial charge on any atom is 0.339 e. The van der Waals surface area contributed by atoms with Gasteiger partial charge in [0.2, 0.25) is 0 Å². The van der Waals surface area contributed by atoms with Crippen LogP contribution in [-0.2, 0) is 0 Å². The molecular weight excluding hydrogens is 270 g/mol. The van der Waals surface area contributed by atoms with Crippen LogP contribution in [0.15, 0.2) is 18.2 Å². The second-order valence-corrected chi connectivity index (χ2v) is 4.91. The molecule has 1 aromatic carbocycles. The SMILES string of the molecule is CC(C)NCC(O)COc1ccc(Cl)cc1C(=O)O. The molecule has 19 heavy (non-hydrogen) atoms. The zero-order valence-electron chi connectivity index (χ0n) is 10.9. The van der Waals surface area contributed by atoms with Gasteiger partial charge in [-0.15, -0.1) is 0 Å². The van der Waals surface area contributed by atoms with Gasteiger partial charge in [0.15, 0.2) is 0 Å². The van der Waals surface area contributed by atoms with Gasteiger partial charge >= 0.3 is 5.97 Å². The quantitative estimate of drug-likeness (QED) is 0.712. The first-order valence-electron chi connectivity index (χ1n) is 5.97. The minimum Gasteiger partial charge on any atom is -0.490 e. The van der Waals surface area contributed by atoms with Crippen LogP contribution in [0.5, 0.6) is 5.75 Å². The number of rotatable bonds is 7. The first-order chi connectivity index (χ1) is 8.90. The summed E-state index contributed by atoms with van der Waals surface area (Å²) < 4.78 is 5.32. The topological polar surface area (TPSA) is 78.8 Å². The summed E-state index contributed by atoms with van der Waals surface area (Å²) in [6, 6.07) is 4.61. The number of aliphatic hydroxyl groups excluding tert-OH is 1. The van der Waals surface area contributed by atoms with E-state index in [1.807, 2.05) is 13.8 Å². The number of hydrogen-bond donors (Lipinski definition) is 3. The van der Waals surface area contributed by atoms with E-state index in [0.29, 0.717) is 11.6 Å². The molecule has 0 saturated carbocycles. The number of ether oxygens (including phenoxy) is 1. The number of carbonyl (C=O) groups is 1. The smallest absolute Gasteiger partial charge is 0.339 e. The Kier molecular flexibility index (Phi) is 6.08. The Morgan fingerprint density at radius 3 is 2.74 bits per heavy atom. The van der Waals surface area contributed by atoms with Crippen LogP contribution in [0.2, 0.25) is 5.02 Å². The molecule has 0 spiro atoms. The zero-order valence-corrected chi connectivity index (χ0v) is 11.6. The summed E-state index contributed by atoms with van der Waals surface area (Å²) in [6.07, 6.45) is -0.709. The predicted octanol–water partition coefficient (Wildman–Crippen LogP) is 1.78. The van der Waals surface area contributed by atoms with Crippen LogP contribution in [0, 0.1) is 0 Å². The molecule has 3 N–H and O–H groups in total. The number of carboxylic acids is 1. The van der Waals surface area contributed by atoms with Gasteiger partial charge < -0.3 is 20.3 Å². The van der Waals surface area contributed by atoms with E-state index in [1.165, 1.54) is 12.1 Å². The molecule has 1 atom stereocenters. The second-order valence-electron chi connectivity index (χ2n) is 4.47. The first-order valence-corrected chi connectivity index (χ1v) is 6.35. The standard InChI is InChI=1S/C13H18ClNO4/c1-8(2)15-6-10(16)7-19-12-4-3-9(14)5-11(12)13(17)18/h3-5,8,10,15-16H,6-7H2,1-2H3,(H,17,18). The molecule has 0 bridgehead atoms. The lowest BCUT2D eigenvalue weighted by Crippen LogP contribution is -2.35. The van der Waals surface area contributed by atoms with Gasteiger partial charge in [0.25, 0.3) is 0 Å². The highest BCUT2D eigenvalue weighted by Crippen LogP contribution is 2.23. The average molecular weight is 288 g/mol. The molecule has 0 saturated heterocycles. The zero-order chi connectivity index (χ0) is 14.4. The third-order valence-electron chi connectivity index (χ3n) is 2.36. The minimum atomic E-state index is -1.12. The van der Waals surface area contributed by atoms with Gasteiger partial charge in [-0.3, -0.25) is 0 Å². The summed E-state index contributed by atoms with van der Waals surface area (Å²) in [7, 11) is 0. The molecule has 1 aromatic rings. The summed E-state index contributed by atoms with van der Waals surface area (Å²) in [5.41, 5.74) is -0.0171. The van der Waals surface area contributed by atoms with Crippen molar-refractivity contribution < 1.29 is 19.7 Å². The van der Waals surface area contributed by atoms with E-state index in [9.17, 15) is 9.90 Å². The van der Waals surface area contributed by atoms with Crippen molar-refractivity contribution in [2.45, 2.75) is 26.0 Å². The van der Waals surface area contributed by atoms with E-state index >= 15 is 0 Å². The van der Waals surface area contributed by atoms with Gasteiger partial charge in [0, 0.05) is 17.6 Å². The molecule has 0 aromatic heterocycles. The molecule has 1 rings (SSSR count). The number of carboxylic acid groups (broad SMARTS) is 1. The molecule has 5 nitrogen and oxygen atoms in total. The van der Waals surface area contributed by atoms with Gasteiger partial charge in [0.1, 0.15) is 24.0 Å². The van der Waals surface area contributed by atoms with Crippen molar-refractivity contribution in [3.8, 4) is 5.75 Å².